The molecule has 1 aliphatic rings. The van der Waals surface area contributed by atoms with E-state index >= 15 is 0 Å². The molecule has 146 valence electrons. The lowest BCUT2D eigenvalue weighted by molar-refractivity contribution is 0.0487. The van der Waals surface area contributed by atoms with Gasteiger partial charge in [0.05, 0.1) is 12.9 Å². The lowest BCUT2D eigenvalue weighted by Crippen LogP contribution is -2.50. The fourth-order valence-corrected chi connectivity index (χ4v) is 4.42. The second-order valence-corrected chi connectivity index (χ2v) is 9.42. The standard InChI is InChI=1S/C18H28N2O5S/c1-18(2,3)25-17(21)19-15-6-5-11-20(12-15)26(22,23)13-14-7-9-16(24-4)10-8-14/h7-10,15H,5-6,11-13H2,1-4H3,(H,19,21)/t15-/m1/s1. The van der Waals surface area contributed by atoms with Crippen molar-refractivity contribution in [2.45, 2.75) is 51.0 Å². The van der Waals surface area contributed by atoms with Crippen LogP contribution < -0.4 is 10.1 Å². The van der Waals surface area contributed by atoms with Gasteiger partial charge in [-0.15, -0.1) is 0 Å². The predicted octanol–water partition coefficient (Wildman–Crippen LogP) is 2.51. The minimum atomic E-state index is -3.46. The maximum absolute atomic E-state index is 12.7. The van der Waals surface area contributed by atoms with Crippen LogP contribution in [0.4, 0.5) is 4.79 Å². The Bertz CT molecular complexity index is 710. The molecule has 26 heavy (non-hydrogen) atoms. The molecule has 1 aromatic rings. The summed E-state index contributed by atoms with van der Waals surface area (Å²) in [6.45, 7) is 6.10. The van der Waals surface area contributed by atoms with Crippen molar-refractivity contribution >= 4 is 16.1 Å². The Balaban J connectivity index is 1.97. The first-order chi connectivity index (χ1) is 12.1. The van der Waals surface area contributed by atoms with Crippen LogP contribution in [-0.2, 0) is 20.5 Å². The lowest BCUT2D eigenvalue weighted by Gasteiger charge is -2.32. The van der Waals surface area contributed by atoms with Gasteiger partial charge in [-0.25, -0.2) is 13.2 Å². The quantitative estimate of drug-likeness (QED) is 0.843. The van der Waals surface area contributed by atoms with Crippen molar-refractivity contribution in [3.63, 3.8) is 0 Å². The van der Waals surface area contributed by atoms with E-state index in [4.69, 9.17) is 9.47 Å². The average Bonchev–Trinajstić information content (AvgIpc) is 2.53. The number of piperidine rings is 1. The van der Waals surface area contributed by atoms with Gasteiger partial charge in [0.15, 0.2) is 0 Å². The van der Waals surface area contributed by atoms with Crippen molar-refractivity contribution < 1.29 is 22.7 Å². The molecule has 0 spiro atoms. The summed E-state index contributed by atoms with van der Waals surface area (Å²) in [6, 6.07) is 6.74. The molecule has 1 heterocycles. The first-order valence-corrected chi connectivity index (χ1v) is 10.3. The zero-order chi connectivity index (χ0) is 19.4. The maximum Gasteiger partial charge on any atom is 0.407 e. The Kier molecular flexibility index (Phi) is 6.52. The largest absolute Gasteiger partial charge is 0.497 e. The molecule has 0 aromatic heterocycles. The molecule has 1 aliphatic heterocycles. The summed E-state index contributed by atoms with van der Waals surface area (Å²) in [7, 11) is -1.89. The number of methoxy groups -OCH3 is 1. The maximum atomic E-state index is 12.7. The minimum absolute atomic E-state index is 0.0733. The van der Waals surface area contributed by atoms with Gasteiger partial charge in [0.25, 0.3) is 0 Å². The summed E-state index contributed by atoms with van der Waals surface area (Å²) in [5.41, 5.74) is 0.117. The predicted molar refractivity (Wildman–Crippen MR) is 99.6 cm³/mol. The van der Waals surface area contributed by atoms with Gasteiger partial charge in [-0.3, -0.25) is 0 Å². The molecule has 1 amide bonds. The summed E-state index contributed by atoms with van der Waals surface area (Å²) >= 11 is 0. The monoisotopic (exact) mass is 384 g/mol. The zero-order valence-electron chi connectivity index (χ0n) is 15.8. The van der Waals surface area contributed by atoms with Gasteiger partial charge in [0.2, 0.25) is 10.0 Å². The average molecular weight is 384 g/mol. The third-order valence-electron chi connectivity index (χ3n) is 4.01. The van der Waals surface area contributed by atoms with Gasteiger partial charge in [-0.2, -0.15) is 4.31 Å². The topological polar surface area (TPSA) is 84.9 Å². The molecule has 0 aliphatic carbocycles. The van der Waals surface area contributed by atoms with Crippen LogP contribution in [-0.4, -0.2) is 50.7 Å². The Labute approximate surface area is 155 Å². The molecule has 1 fully saturated rings. The molecular formula is C18H28N2O5S. The van der Waals surface area contributed by atoms with E-state index in [2.05, 4.69) is 5.32 Å². The molecule has 0 unspecified atom stereocenters. The Morgan fingerprint density at radius 3 is 2.50 bits per heavy atom. The molecule has 1 N–H and O–H groups in total. The van der Waals surface area contributed by atoms with Crippen LogP contribution in [0.15, 0.2) is 24.3 Å². The fraction of sp³-hybridized carbons (Fsp3) is 0.611. The van der Waals surface area contributed by atoms with E-state index in [0.29, 0.717) is 24.3 Å². The van der Waals surface area contributed by atoms with Gasteiger partial charge < -0.3 is 14.8 Å². The number of hydrogen-bond donors (Lipinski definition) is 1. The number of carbonyl (C=O) groups is 1. The first-order valence-electron chi connectivity index (χ1n) is 8.69. The number of ether oxygens (including phenoxy) is 2. The van der Waals surface area contributed by atoms with E-state index in [1.807, 2.05) is 0 Å². The third-order valence-corrected chi connectivity index (χ3v) is 5.82. The van der Waals surface area contributed by atoms with Crippen LogP contribution in [0.5, 0.6) is 5.75 Å². The number of amides is 1. The van der Waals surface area contributed by atoms with E-state index < -0.39 is 21.7 Å². The van der Waals surface area contributed by atoms with Gasteiger partial charge in [0.1, 0.15) is 11.4 Å². The summed E-state index contributed by atoms with van der Waals surface area (Å²) in [6.07, 6.45) is 0.910. The van der Waals surface area contributed by atoms with E-state index in [-0.39, 0.29) is 18.3 Å². The Hall–Kier alpha value is -1.80. The molecule has 1 aromatic carbocycles. The zero-order valence-corrected chi connectivity index (χ0v) is 16.6. The van der Waals surface area contributed by atoms with Crippen LogP contribution in [0.2, 0.25) is 0 Å². The number of benzene rings is 1. The number of hydrogen-bond acceptors (Lipinski definition) is 5. The fourth-order valence-electron chi connectivity index (χ4n) is 2.81. The highest BCUT2D eigenvalue weighted by molar-refractivity contribution is 7.88. The van der Waals surface area contributed by atoms with Gasteiger partial charge in [-0.05, 0) is 51.3 Å². The second kappa shape index (κ2) is 8.26. The van der Waals surface area contributed by atoms with Gasteiger partial charge in [-0.1, -0.05) is 12.1 Å². The van der Waals surface area contributed by atoms with E-state index in [9.17, 15) is 13.2 Å². The van der Waals surface area contributed by atoms with Gasteiger partial charge >= 0.3 is 6.09 Å². The summed E-state index contributed by atoms with van der Waals surface area (Å²) in [4.78, 5) is 11.9. The number of sulfonamides is 1. The van der Waals surface area contributed by atoms with Gasteiger partial charge in [0, 0.05) is 19.1 Å². The molecule has 8 heteroatoms. The summed E-state index contributed by atoms with van der Waals surface area (Å²) in [5.74, 6) is 0.613. The number of carbonyl (C=O) groups excluding carboxylic acids is 1. The highest BCUT2D eigenvalue weighted by Gasteiger charge is 2.30. The van der Waals surface area contributed by atoms with E-state index in [1.165, 1.54) is 4.31 Å². The second-order valence-electron chi connectivity index (χ2n) is 7.45. The number of nitrogens with one attached hydrogen (secondary N) is 1. The van der Waals surface area contributed by atoms with Crippen LogP contribution in [0, 0.1) is 0 Å². The van der Waals surface area contributed by atoms with Crippen molar-refractivity contribution in [3.8, 4) is 5.75 Å². The Morgan fingerprint density at radius 1 is 1.27 bits per heavy atom. The van der Waals surface area contributed by atoms with Crippen LogP contribution in [0.25, 0.3) is 0 Å². The molecule has 0 bridgehead atoms. The number of nitrogens with zero attached hydrogens (tertiary/aromatic N) is 1. The minimum Gasteiger partial charge on any atom is -0.497 e. The number of rotatable bonds is 5. The van der Waals surface area contributed by atoms with Crippen molar-refractivity contribution in [2.75, 3.05) is 20.2 Å². The van der Waals surface area contributed by atoms with E-state index in [0.717, 1.165) is 6.42 Å². The lowest BCUT2D eigenvalue weighted by atomic mass is 10.1. The van der Waals surface area contributed by atoms with E-state index in [1.54, 1.807) is 52.1 Å². The summed E-state index contributed by atoms with van der Waals surface area (Å²) in [5, 5.41) is 2.77. The first kappa shape index (κ1) is 20.5. The Morgan fingerprint density at radius 2 is 1.92 bits per heavy atom. The highest BCUT2D eigenvalue weighted by Crippen LogP contribution is 2.20. The molecule has 1 saturated heterocycles. The SMILES string of the molecule is COc1ccc(CS(=O)(=O)N2CCC[C@@H](NC(=O)OC(C)(C)C)C2)cc1. The molecule has 1 atom stereocenters. The summed E-state index contributed by atoms with van der Waals surface area (Å²) < 4.78 is 37.2. The highest BCUT2D eigenvalue weighted by atomic mass is 32.2. The van der Waals surface area contributed by atoms with Crippen molar-refractivity contribution in [3.05, 3.63) is 29.8 Å². The third kappa shape index (κ3) is 6.17. The molecule has 0 radical (unpaired) electrons. The molecule has 0 saturated carbocycles. The van der Waals surface area contributed by atoms with Crippen molar-refractivity contribution in [2.24, 2.45) is 0 Å². The smallest absolute Gasteiger partial charge is 0.407 e. The number of alkyl carbamates (subject to hydrolysis) is 1. The van der Waals surface area contributed by atoms with Crippen molar-refractivity contribution in [1.29, 1.82) is 0 Å². The molecule has 2 rings (SSSR count). The van der Waals surface area contributed by atoms with Crippen LogP contribution in [0.1, 0.15) is 39.2 Å². The normalized spacial score (nSPS) is 19.0. The molecular weight excluding hydrogens is 356 g/mol. The van der Waals surface area contributed by atoms with Crippen molar-refractivity contribution in [1.82, 2.24) is 9.62 Å². The molecule has 7 nitrogen and oxygen atoms in total. The van der Waals surface area contributed by atoms with Crippen LogP contribution in [0.3, 0.4) is 0 Å². The van der Waals surface area contributed by atoms with Crippen LogP contribution >= 0.6 is 0 Å².